The molecule has 0 unspecified atom stereocenters. The lowest BCUT2D eigenvalue weighted by molar-refractivity contribution is -0.140. The van der Waals surface area contributed by atoms with E-state index in [2.05, 4.69) is 11.4 Å². The Morgan fingerprint density at radius 3 is 2.81 bits per heavy atom. The molecule has 0 aromatic heterocycles. The van der Waals surface area contributed by atoms with Gasteiger partial charge in [-0.2, -0.15) is 0 Å². The van der Waals surface area contributed by atoms with Crippen molar-refractivity contribution in [2.75, 3.05) is 20.6 Å². The minimum atomic E-state index is -0.344. The van der Waals surface area contributed by atoms with Crippen LogP contribution in [0.5, 0.6) is 0 Å². The smallest absolute Gasteiger partial charge is 0.251 e. The quantitative estimate of drug-likeness (QED) is 0.784. The number of carbonyl (C=O) groups excluding carboxylic acids is 2. The molecule has 5 heteroatoms. The third kappa shape index (κ3) is 4.84. The number of ether oxygens (including phenoxy) is 1. The van der Waals surface area contributed by atoms with E-state index in [0.717, 1.165) is 25.7 Å². The summed E-state index contributed by atoms with van der Waals surface area (Å²) in [5.74, 6) is 0.0744. The topological polar surface area (TPSA) is 58.6 Å². The number of hydrogen-bond acceptors (Lipinski definition) is 3. The number of hydrogen-bond donors (Lipinski definition) is 1. The van der Waals surface area contributed by atoms with Crippen LogP contribution in [-0.4, -0.2) is 49.6 Å². The first-order chi connectivity index (χ1) is 10.1. The molecule has 2 atom stereocenters. The minimum absolute atomic E-state index is 0.0104. The fourth-order valence-corrected chi connectivity index (χ4v) is 2.89. The molecule has 0 spiro atoms. The Bertz CT molecular complexity index is 418. The number of amides is 2. The van der Waals surface area contributed by atoms with E-state index in [0.29, 0.717) is 13.0 Å². The van der Waals surface area contributed by atoms with Crippen molar-refractivity contribution >= 4 is 11.8 Å². The molecule has 2 amide bonds. The summed E-state index contributed by atoms with van der Waals surface area (Å²) in [6, 6.07) is 0. The van der Waals surface area contributed by atoms with Crippen LogP contribution in [0.4, 0.5) is 0 Å². The normalized spacial score (nSPS) is 25.3. The fraction of sp³-hybridized carbons (Fsp3) is 0.750. The van der Waals surface area contributed by atoms with Gasteiger partial charge in [0.05, 0.1) is 6.10 Å². The lowest BCUT2D eigenvalue weighted by Gasteiger charge is -2.18. The van der Waals surface area contributed by atoms with E-state index in [4.69, 9.17) is 4.74 Å². The summed E-state index contributed by atoms with van der Waals surface area (Å²) >= 11 is 0. The van der Waals surface area contributed by atoms with Crippen molar-refractivity contribution in [3.05, 3.63) is 11.6 Å². The van der Waals surface area contributed by atoms with E-state index in [9.17, 15) is 9.59 Å². The van der Waals surface area contributed by atoms with Gasteiger partial charge in [-0.25, -0.2) is 0 Å². The SMILES string of the molecule is CN(C)C(=O)[C@@H]1CC[C@@H](CNC(=O)CC2=CCCCC2)O1. The maximum absolute atomic E-state index is 11.9. The summed E-state index contributed by atoms with van der Waals surface area (Å²) < 4.78 is 5.70. The second-order valence-corrected chi connectivity index (χ2v) is 6.15. The maximum atomic E-state index is 11.9. The zero-order valence-corrected chi connectivity index (χ0v) is 13.1. The molecule has 0 radical (unpaired) electrons. The van der Waals surface area contributed by atoms with Crippen LogP contribution >= 0.6 is 0 Å². The summed E-state index contributed by atoms with van der Waals surface area (Å²) in [6.07, 6.45) is 8.46. The molecule has 2 rings (SSSR count). The molecule has 0 saturated carbocycles. The molecule has 118 valence electrons. The highest BCUT2D eigenvalue weighted by molar-refractivity contribution is 5.80. The zero-order chi connectivity index (χ0) is 15.2. The second kappa shape index (κ2) is 7.59. The van der Waals surface area contributed by atoms with Gasteiger partial charge < -0.3 is 15.0 Å². The van der Waals surface area contributed by atoms with Gasteiger partial charge >= 0.3 is 0 Å². The lowest BCUT2D eigenvalue weighted by Crippen LogP contribution is -2.36. The molecular formula is C16H26N2O3. The molecule has 1 heterocycles. The lowest BCUT2D eigenvalue weighted by atomic mass is 9.97. The summed E-state index contributed by atoms with van der Waals surface area (Å²) in [5.41, 5.74) is 1.26. The van der Waals surface area contributed by atoms with Crippen molar-refractivity contribution in [2.24, 2.45) is 0 Å². The molecule has 1 fully saturated rings. The van der Waals surface area contributed by atoms with E-state index < -0.39 is 0 Å². The van der Waals surface area contributed by atoms with E-state index >= 15 is 0 Å². The van der Waals surface area contributed by atoms with Gasteiger partial charge in [-0.15, -0.1) is 0 Å². The van der Waals surface area contributed by atoms with Gasteiger partial charge in [0.2, 0.25) is 5.91 Å². The van der Waals surface area contributed by atoms with Crippen LogP contribution in [-0.2, 0) is 14.3 Å². The summed E-state index contributed by atoms with van der Waals surface area (Å²) in [5, 5.41) is 2.93. The number of carbonyl (C=O) groups is 2. The van der Waals surface area contributed by atoms with E-state index in [-0.39, 0.29) is 24.0 Å². The number of nitrogens with zero attached hydrogens (tertiary/aromatic N) is 1. The van der Waals surface area contributed by atoms with Crippen LogP contribution in [0.15, 0.2) is 11.6 Å². The molecule has 1 aliphatic carbocycles. The van der Waals surface area contributed by atoms with Crippen molar-refractivity contribution in [3.8, 4) is 0 Å². The molecule has 1 saturated heterocycles. The predicted octanol–water partition coefficient (Wildman–Crippen LogP) is 1.63. The number of nitrogens with one attached hydrogen (secondary N) is 1. The highest BCUT2D eigenvalue weighted by atomic mass is 16.5. The van der Waals surface area contributed by atoms with Crippen molar-refractivity contribution in [3.63, 3.8) is 0 Å². The van der Waals surface area contributed by atoms with Gasteiger partial charge in [0.15, 0.2) is 0 Å². The van der Waals surface area contributed by atoms with E-state index in [1.807, 2.05) is 0 Å². The van der Waals surface area contributed by atoms with E-state index in [1.54, 1.807) is 19.0 Å². The van der Waals surface area contributed by atoms with Crippen LogP contribution in [0.1, 0.15) is 44.9 Å². The van der Waals surface area contributed by atoms with Gasteiger partial charge in [-0.05, 0) is 38.5 Å². The van der Waals surface area contributed by atoms with Gasteiger partial charge in [0.1, 0.15) is 6.10 Å². The van der Waals surface area contributed by atoms with Crippen molar-refractivity contribution in [1.29, 1.82) is 0 Å². The Morgan fingerprint density at radius 1 is 1.33 bits per heavy atom. The highest BCUT2D eigenvalue weighted by Crippen LogP contribution is 2.21. The Balaban J connectivity index is 1.68. The van der Waals surface area contributed by atoms with Crippen molar-refractivity contribution in [2.45, 2.75) is 57.2 Å². The summed E-state index contributed by atoms with van der Waals surface area (Å²) in [4.78, 5) is 25.3. The largest absolute Gasteiger partial charge is 0.363 e. The van der Waals surface area contributed by atoms with Crippen molar-refractivity contribution < 1.29 is 14.3 Å². The first-order valence-corrected chi connectivity index (χ1v) is 7.87. The number of likely N-dealkylation sites (N-methyl/N-ethyl adjacent to an activating group) is 1. The van der Waals surface area contributed by atoms with Crippen LogP contribution in [0.25, 0.3) is 0 Å². The maximum Gasteiger partial charge on any atom is 0.251 e. The molecule has 0 aromatic carbocycles. The van der Waals surface area contributed by atoms with E-state index in [1.165, 1.54) is 18.4 Å². The third-order valence-corrected chi connectivity index (χ3v) is 4.12. The average Bonchev–Trinajstić information content (AvgIpc) is 2.94. The summed E-state index contributed by atoms with van der Waals surface area (Å²) in [6.45, 7) is 0.503. The van der Waals surface area contributed by atoms with Gasteiger partial charge in [0.25, 0.3) is 5.91 Å². The predicted molar refractivity (Wildman–Crippen MR) is 80.8 cm³/mol. The molecule has 21 heavy (non-hydrogen) atoms. The Kier molecular flexibility index (Phi) is 5.79. The van der Waals surface area contributed by atoms with Gasteiger partial charge in [0, 0.05) is 27.1 Å². The van der Waals surface area contributed by atoms with Crippen LogP contribution < -0.4 is 5.32 Å². The van der Waals surface area contributed by atoms with Crippen LogP contribution in [0.2, 0.25) is 0 Å². The Morgan fingerprint density at radius 2 is 2.14 bits per heavy atom. The molecule has 1 N–H and O–H groups in total. The second-order valence-electron chi connectivity index (χ2n) is 6.15. The molecule has 0 bridgehead atoms. The molecule has 0 aromatic rings. The molecule has 2 aliphatic rings. The van der Waals surface area contributed by atoms with Gasteiger partial charge in [-0.3, -0.25) is 9.59 Å². The van der Waals surface area contributed by atoms with Crippen molar-refractivity contribution in [1.82, 2.24) is 10.2 Å². The molecular weight excluding hydrogens is 268 g/mol. The first-order valence-electron chi connectivity index (χ1n) is 7.87. The fourth-order valence-electron chi connectivity index (χ4n) is 2.89. The average molecular weight is 294 g/mol. The Hall–Kier alpha value is -1.36. The van der Waals surface area contributed by atoms with Crippen LogP contribution in [0, 0.1) is 0 Å². The monoisotopic (exact) mass is 294 g/mol. The number of rotatable bonds is 5. The molecule has 5 nitrogen and oxygen atoms in total. The van der Waals surface area contributed by atoms with Gasteiger partial charge in [-0.1, -0.05) is 11.6 Å². The number of allylic oxidation sites excluding steroid dienone is 1. The summed E-state index contributed by atoms with van der Waals surface area (Å²) in [7, 11) is 3.47. The standard InChI is InChI=1S/C16H26N2O3/c1-18(2)16(20)14-9-8-13(21-14)11-17-15(19)10-12-6-4-3-5-7-12/h6,13-14H,3-5,7-11H2,1-2H3,(H,17,19)/t13-,14-/m0/s1. The Labute approximate surface area is 126 Å². The first kappa shape index (κ1) is 16.0. The van der Waals surface area contributed by atoms with Crippen LogP contribution in [0.3, 0.4) is 0 Å². The third-order valence-electron chi connectivity index (χ3n) is 4.12. The zero-order valence-electron chi connectivity index (χ0n) is 13.1. The minimum Gasteiger partial charge on any atom is -0.363 e. The highest BCUT2D eigenvalue weighted by Gasteiger charge is 2.31. The molecule has 1 aliphatic heterocycles.